The fourth-order valence-electron chi connectivity index (χ4n) is 3.27. The van der Waals surface area contributed by atoms with Crippen molar-refractivity contribution in [3.8, 4) is 0 Å². The predicted octanol–water partition coefficient (Wildman–Crippen LogP) is 1.71. The number of amides is 2. The lowest BCUT2D eigenvalue weighted by molar-refractivity contribution is -0.129. The molecule has 0 saturated heterocycles. The first-order valence-corrected chi connectivity index (χ1v) is 8.23. The topological polar surface area (TPSA) is 78.4 Å². The Labute approximate surface area is 137 Å². The number of carbonyl (C=O) groups is 2. The van der Waals surface area contributed by atoms with Gasteiger partial charge in [-0.3, -0.25) is 9.59 Å². The van der Waals surface area contributed by atoms with Gasteiger partial charge >= 0.3 is 0 Å². The maximum atomic E-state index is 12.4. The fraction of sp³-hybridized carbons (Fsp3) is 0.556. The van der Waals surface area contributed by atoms with Gasteiger partial charge in [-0.1, -0.05) is 43.2 Å². The summed E-state index contributed by atoms with van der Waals surface area (Å²) in [6, 6.07) is 9.01. The smallest absolute Gasteiger partial charge is 0.224 e. The fourth-order valence-corrected chi connectivity index (χ4v) is 3.27. The van der Waals surface area contributed by atoms with Crippen molar-refractivity contribution in [3.63, 3.8) is 0 Å². The molecule has 2 rings (SSSR count). The van der Waals surface area contributed by atoms with E-state index in [9.17, 15) is 14.7 Å². The number of rotatable bonds is 5. The van der Waals surface area contributed by atoms with Crippen molar-refractivity contribution < 1.29 is 14.7 Å². The van der Waals surface area contributed by atoms with Crippen LogP contribution >= 0.6 is 0 Å². The van der Waals surface area contributed by atoms with Crippen LogP contribution in [0.1, 0.15) is 44.6 Å². The Kier molecular flexibility index (Phi) is 5.77. The summed E-state index contributed by atoms with van der Waals surface area (Å²) >= 11 is 0. The summed E-state index contributed by atoms with van der Waals surface area (Å²) in [6.45, 7) is 1.64. The van der Waals surface area contributed by atoms with E-state index in [1.54, 1.807) is 26.1 Å². The molecular weight excluding hydrogens is 292 g/mol. The van der Waals surface area contributed by atoms with Crippen LogP contribution in [-0.2, 0) is 15.2 Å². The van der Waals surface area contributed by atoms with Crippen molar-refractivity contribution in [2.45, 2.75) is 50.7 Å². The third kappa shape index (κ3) is 4.55. The highest BCUT2D eigenvalue weighted by Crippen LogP contribution is 2.27. The lowest BCUT2D eigenvalue weighted by atomic mass is 9.83. The van der Waals surface area contributed by atoms with E-state index in [2.05, 4.69) is 10.6 Å². The standard InChI is InChI=1S/C18H26N2O3/c1-18(23,13-8-4-3-5-9-13)12-16(21)20-15-11-7-6-10-14(15)17(22)19-2/h3-5,8-9,14-15,23H,6-7,10-12H2,1-2H3,(H,19,22)(H,20,21). The second-order valence-corrected chi connectivity index (χ2v) is 6.50. The molecule has 2 amide bonds. The van der Waals surface area contributed by atoms with Gasteiger partial charge in [-0.25, -0.2) is 0 Å². The van der Waals surface area contributed by atoms with Crippen LogP contribution in [0.2, 0.25) is 0 Å². The molecule has 23 heavy (non-hydrogen) atoms. The summed E-state index contributed by atoms with van der Waals surface area (Å²) < 4.78 is 0. The van der Waals surface area contributed by atoms with E-state index in [0.29, 0.717) is 5.56 Å². The van der Waals surface area contributed by atoms with E-state index in [1.165, 1.54) is 0 Å². The molecule has 5 nitrogen and oxygen atoms in total. The quantitative estimate of drug-likeness (QED) is 0.773. The highest BCUT2D eigenvalue weighted by Gasteiger charge is 2.33. The second kappa shape index (κ2) is 7.59. The van der Waals surface area contributed by atoms with Gasteiger partial charge in [0.15, 0.2) is 0 Å². The van der Waals surface area contributed by atoms with Crippen molar-refractivity contribution in [1.29, 1.82) is 0 Å². The normalized spacial score (nSPS) is 23.6. The second-order valence-electron chi connectivity index (χ2n) is 6.50. The zero-order chi connectivity index (χ0) is 16.9. The molecule has 0 radical (unpaired) electrons. The molecule has 3 atom stereocenters. The van der Waals surface area contributed by atoms with Crippen LogP contribution in [0.15, 0.2) is 30.3 Å². The third-order valence-corrected chi connectivity index (χ3v) is 4.60. The van der Waals surface area contributed by atoms with Crippen molar-refractivity contribution in [2.75, 3.05) is 7.05 Å². The lowest BCUT2D eigenvalue weighted by Crippen LogP contribution is -2.48. The van der Waals surface area contributed by atoms with Crippen molar-refractivity contribution >= 4 is 11.8 Å². The molecule has 5 heteroatoms. The highest BCUT2D eigenvalue weighted by molar-refractivity contribution is 5.82. The number of nitrogens with one attached hydrogen (secondary N) is 2. The number of hydrogen-bond acceptors (Lipinski definition) is 3. The first-order chi connectivity index (χ1) is 10.9. The minimum Gasteiger partial charge on any atom is -0.385 e. The summed E-state index contributed by atoms with van der Waals surface area (Å²) in [6.07, 6.45) is 3.59. The van der Waals surface area contributed by atoms with Crippen LogP contribution in [0, 0.1) is 5.92 Å². The molecule has 3 unspecified atom stereocenters. The van der Waals surface area contributed by atoms with E-state index in [-0.39, 0.29) is 30.2 Å². The largest absolute Gasteiger partial charge is 0.385 e. The molecule has 3 N–H and O–H groups in total. The summed E-state index contributed by atoms with van der Waals surface area (Å²) in [7, 11) is 1.62. The average molecular weight is 318 g/mol. The molecule has 0 bridgehead atoms. The minimum absolute atomic E-state index is 0.0199. The molecular formula is C18H26N2O3. The van der Waals surface area contributed by atoms with Crippen molar-refractivity contribution in [2.24, 2.45) is 5.92 Å². The Bertz CT molecular complexity index is 542. The van der Waals surface area contributed by atoms with Gasteiger partial charge in [0.1, 0.15) is 0 Å². The highest BCUT2D eigenvalue weighted by atomic mass is 16.3. The van der Waals surface area contributed by atoms with Gasteiger partial charge in [0.25, 0.3) is 0 Å². The Hall–Kier alpha value is -1.88. The minimum atomic E-state index is -1.22. The van der Waals surface area contributed by atoms with E-state index in [0.717, 1.165) is 25.7 Å². The molecule has 1 aliphatic carbocycles. The van der Waals surface area contributed by atoms with E-state index < -0.39 is 5.60 Å². The number of carbonyl (C=O) groups excluding carboxylic acids is 2. The molecule has 0 heterocycles. The van der Waals surface area contributed by atoms with Gasteiger partial charge in [0.2, 0.25) is 11.8 Å². The maximum absolute atomic E-state index is 12.4. The number of benzene rings is 1. The monoisotopic (exact) mass is 318 g/mol. The number of hydrogen-bond donors (Lipinski definition) is 3. The zero-order valence-electron chi connectivity index (χ0n) is 13.8. The van der Waals surface area contributed by atoms with Crippen LogP contribution in [0.25, 0.3) is 0 Å². The van der Waals surface area contributed by atoms with Crippen molar-refractivity contribution in [3.05, 3.63) is 35.9 Å². The molecule has 1 saturated carbocycles. The SMILES string of the molecule is CNC(=O)C1CCCCC1NC(=O)CC(C)(O)c1ccccc1. The van der Waals surface area contributed by atoms with E-state index in [4.69, 9.17) is 0 Å². The van der Waals surface area contributed by atoms with Crippen LogP contribution in [0.4, 0.5) is 0 Å². The molecule has 0 aromatic heterocycles. The van der Waals surface area contributed by atoms with E-state index >= 15 is 0 Å². The van der Waals surface area contributed by atoms with Gasteiger partial charge in [0, 0.05) is 13.1 Å². The third-order valence-electron chi connectivity index (χ3n) is 4.60. The van der Waals surface area contributed by atoms with Crippen molar-refractivity contribution in [1.82, 2.24) is 10.6 Å². The van der Waals surface area contributed by atoms with Crippen LogP contribution < -0.4 is 10.6 Å². The van der Waals surface area contributed by atoms with Gasteiger partial charge < -0.3 is 15.7 Å². The summed E-state index contributed by atoms with van der Waals surface area (Å²) in [5.74, 6) is -0.427. The first-order valence-electron chi connectivity index (χ1n) is 8.23. The average Bonchev–Trinajstić information content (AvgIpc) is 2.55. The predicted molar refractivity (Wildman–Crippen MR) is 88.6 cm³/mol. The van der Waals surface area contributed by atoms with E-state index in [1.807, 2.05) is 18.2 Å². The molecule has 1 aromatic rings. The van der Waals surface area contributed by atoms with Gasteiger partial charge in [0.05, 0.1) is 17.9 Å². The summed E-state index contributed by atoms with van der Waals surface area (Å²) in [5.41, 5.74) is -0.510. The lowest BCUT2D eigenvalue weighted by Gasteiger charge is -2.32. The van der Waals surface area contributed by atoms with Crippen LogP contribution in [-0.4, -0.2) is 30.0 Å². The van der Waals surface area contributed by atoms with Crippen LogP contribution in [0.5, 0.6) is 0 Å². The van der Waals surface area contributed by atoms with Crippen LogP contribution in [0.3, 0.4) is 0 Å². The van der Waals surface area contributed by atoms with Gasteiger partial charge in [-0.2, -0.15) is 0 Å². The molecule has 0 aliphatic heterocycles. The maximum Gasteiger partial charge on any atom is 0.224 e. The molecule has 1 fully saturated rings. The first kappa shape index (κ1) is 17.5. The Morgan fingerprint density at radius 1 is 1.22 bits per heavy atom. The molecule has 126 valence electrons. The Balaban J connectivity index is 1.99. The molecule has 0 spiro atoms. The Morgan fingerprint density at radius 2 is 1.87 bits per heavy atom. The summed E-state index contributed by atoms with van der Waals surface area (Å²) in [4.78, 5) is 24.3. The van der Waals surface area contributed by atoms with Gasteiger partial charge in [-0.15, -0.1) is 0 Å². The molecule has 1 aromatic carbocycles. The number of aliphatic hydroxyl groups is 1. The van der Waals surface area contributed by atoms with Gasteiger partial charge in [-0.05, 0) is 25.3 Å². The molecule has 1 aliphatic rings. The zero-order valence-corrected chi connectivity index (χ0v) is 13.8. The summed E-state index contributed by atoms with van der Waals surface area (Å²) in [5, 5.41) is 16.2. The Morgan fingerprint density at radius 3 is 2.52 bits per heavy atom.